The van der Waals surface area contributed by atoms with Crippen LogP contribution in [0, 0.1) is 0 Å². The number of nitrogens with zero attached hydrogens (tertiary/aromatic N) is 1. The average molecular weight is 236 g/mol. The summed E-state index contributed by atoms with van der Waals surface area (Å²) < 4.78 is 0. The predicted octanol–water partition coefficient (Wildman–Crippen LogP) is 2.51. The van der Waals surface area contributed by atoms with Crippen LogP contribution in [0.15, 0.2) is 24.3 Å². The first-order chi connectivity index (χ1) is 7.83. The standard InChI is InChI=1S/C14H24N2O/c1-5-16(10-14(3,4)15)11(2)12-7-6-8-13(17)9-12/h6-9,11,17H,5,10,15H2,1-4H3. The quantitative estimate of drug-likeness (QED) is 0.826. The van der Waals surface area contributed by atoms with E-state index in [1.54, 1.807) is 6.07 Å². The molecule has 3 heteroatoms. The van der Waals surface area contributed by atoms with Crippen LogP contribution in [0.25, 0.3) is 0 Å². The molecule has 0 heterocycles. The van der Waals surface area contributed by atoms with Crippen molar-refractivity contribution in [3.05, 3.63) is 29.8 Å². The Kier molecular flexibility index (Phi) is 4.54. The molecule has 0 radical (unpaired) electrons. The molecular weight excluding hydrogens is 212 g/mol. The third-order valence-corrected chi connectivity index (χ3v) is 2.92. The highest BCUT2D eigenvalue weighted by atomic mass is 16.3. The first kappa shape index (κ1) is 14.0. The SMILES string of the molecule is CCN(CC(C)(C)N)C(C)c1cccc(O)c1. The Morgan fingerprint density at radius 2 is 2.06 bits per heavy atom. The van der Waals surface area contributed by atoms with Gasteiger partial charge in [-0.25, -0.2) is 0 Å². The van der Waals surface area contributed by atoms with Crippen LogP contribution in [-0.2, 0) is 0 Å². The molecule has 1 atom stereocenters. The molecule has 0 bridgehead atoms. The van der Waals surface area contributed by atoms with Crippen molar-refractivity contribution in [3.8, 4) is 5.75 Å². The summed E-state index contributed by atoms with van der Waals surface area (Å²) in [6, 6.07) is 7.69. The molecule has 17 heavy (non-hydrogen) atoms. The second-order valence-electron chi connectivity index (χ2n) is 5.32. The van der Waals surface area contributed by atoms with E-state index < -0.39 is 0 Å². The zero-order valence-electron chi connectivity index (χ0n) is 11.3. The second kappa shape index (κ2) is 5.52. The fourth-order valence-corrected chi connectivity index (χ4v) is 2.04. The monoisotopic (exact) mass is 236 g/mol. The van der Waals surface area contributed by atoms with Crippen LogP contribution in [0.2, 0.25) is 0 Å². The Morgan fingerprint density at radius 1 is 1.41 bits per heavy atom. The third kappa shape index (κ3) is 4.36. The maximum atomic E-state index is 9.51. The first-order valence-electron chi connectivity index (χ1n) is 6.15. The predicted molar refractivity (Wildman–Crippen MR) is 72.0 cm³/mol. The van der Waals surface area contributed by atoms with Gasteiger partial charge in [-0.15, -0.1) is 0 Å². The van der Waals surface area contributed by atoms with Gasteiger partial charge in [-0.05, 0) is 45.0 Å². The molecule has 0 amide bonds. The van der Waals surface area contributed by atoms with Crippen LogP contribution >= 0.6 is 0 Å². The van der Waals surface area contributed by atoms with E-state index >= 15 is 0 Å². The summed E-state index contributed by atoms with van der Waals surface area (Å²) in [7, 11) is 0. The van der Waals surface area contributed by atoms with Gasteiger partial charge >= 0.3 is 0 Å². The van der Waals surface area contributed by atoms with E-state index in [4.69, 9.17) is 5.73 Å². The van der Waals surface area contributed by atoms with Crippen molar-refractivity contribution in [1.82, 2.24) is 4.90 Å². The lowest BCUT2D eigenvalue weighted by Crippen LogP contribution is -2.46. The number of benzene rings is 1. The van der Waals surface area contributed by atoms with Crippen LogP contribution in [0.3, 0.4) is 0 Å². The van der Waals surface area contributed by atoms with Crippen molar-refractivity contribution in [2.45, 2.75) is 39.3 Å². The van der Waals surface area contributed by atoms with Crippen molar-refractivity contribution < 1.29 is 5.11 Å². The van der Waals surface area contributed by atoms with E-state index in [9.17, 15) is 5.11 Å². The van der Waals surface area contributed by atoms with Crippen LogP contribution in [-0.4, -0.2) is 28.6 Å². The molecule has 96 valence electrons. The summed E-state index contributed by atoms with van der Waals surface area (Å²) in [4.78, 5) is 2.31. The maximum absolute atomic E-state index is 9.51. The number of rotatable bonds is 5. The lowest BCUT2D eigenvalue weighted by Gasteiger charge is -2.33. The van der Waals surface area contributed by atoms with E-state index in [-0.39, 0.29) is 11.6 Å². The molecule has 1 aromatic rings. The van der Waals surface area contributed by atoms with Gasteiger partial charge in [0.05, 0.1) is 0 Å². The van der Waals surface area contributed by atoms with Gasteiger partial charge in [0.2, 0.25) is 0 Å². The van der Waals surface area contributed by atoms with Gasteiger partial charge in [-0.3, -0.25) is 4.90 Å². The van der Waals surface area contributed by atoms with Gasteiger partial charge < -0.3 is 10.8 Å². The number of hydrogen-bond acceptors (Lipinski definition) is 3. The number of phenols is 1. The largest absolute Gasteiger partial charge is 0.508 e. The van der Waals surface area contributed by atoms with Gasteiger partial charge in [0.1, 0.15) is 5.75 Å². The molecule has 0 spiro atoms. The number of aromatic hydroxyl groups is 1. The van der Waals surface area contributed by atoms with E-state index in [0.717, 1.165) is 18.7 Å². The van der Waals surface area contributed by atoms with E-state index in [2.05, 4.69) is 18.7 Å². The van der Waals surface area contributed by atoms with Crippen LogP contribution in [0.5, 0.6) is 5.75 Å². The average Bonchev–Trinajstić information content (AvgIpc) is 2.23. The Labute approximate surface area is 104 Å². The van der Waals surface area contributed by atoms with Crippen molar-refractivity contribution in [2.75, 3.05) is 13.1 Å². The van der Waals surface area contributed by atoms with Crippen LogP contribution in [0.1, 0.15) is 39.3 Å². The summed E-state index contributed by atoms with van der Waals surface area (Å²) in [6.45, 7) is 10.1. The van der Waals surface area contributed by atoms with Crippen LogP contribution in [0.4, 0.5) is 0 Å². The van der Waals surface area contributed by atoms with Gasteiger partial charge in [0.25, 0.3) is 0 Å². The van der Waals surface area contributed by atoms with Gasteiger partial charge in [-0.1, -0.05) is 19.1 Å². The minimum Gasteiger partial charge on any atom is -0.508 e. The zero-order valence-corrected chi connectivity index (χ0v) is 11.3. The summed E-state index contributed by atoms with van der Waals surface area (Å²) in [5.41, 5.74) is 6.98. The molecule has 0 saturated heterocycles. The topological polar surface area (TPSA) is 49.5 Å². The molecule has 3 nitrogen and oxygen atoms in total. The Balaban J connectivity index is 2.82. The minimum absolute atomic E-state index is 0.207. The summed E-state index contributed by atoms with van der Waals surface area (Å²) in [6.07, 6.45) is 0. The van der Waals surface area contributed by atoms with Crippen LogP contribution < -0.4 is 5.73 Å². The zero-order chi connectivity index (χ0) is 13.1. The molecule has 1 aromatic carbocycles. The highest BCUT2D eigenvalue weighted by Crippen LogP contribution is 2.24. The molecule has 3 N–H and O–H groups in total. The lowest BCUT2D eigenvalue weighted by molar-refractivity contribution is 0.182. The van der Waals surface area contributed by atoms with Crippen molar-refractivity contribution in [3.63, 3.8) is 0 Å². The second-order valence-corrected chi connectivity index (χ2v) is 5.32. The van der Waals surface area contributed by atoms with E-state index in [0.29, 0.717) is 5.75 Å². The third-order valence-electron chi connectivity index (χ3n) is 2.92. The smallest absolute Gasteiger partial charge is 0.115 e. The Hall–Kier alpha value is -1.06. The fraction of sp³-hybridized carbons (Fsp3) is 0.571. The maximum Gasteiger partial charge on any atom is 0.115 e. The lowest BCUT2D eigenvalue weighted by atomic mass is 10.0. The first-order valence-corrected chi connectivity index (χ1v) is 6.15. The van der Waals surface area contributed by atoms with Crippen molar-refractivity contribution in [2.24, 2.45) is 5.73 Å². The number of hydrogen-bond donors (Lipinski definition) is 2. The van der Waals surface area contributed by atoms with Gasteiger partial charge in [0.15, 0.2) is 0 Å². The molecule has 1 rings (SSSR count). The number of phenolic OH excluding ortho intramolecular Hbond substituents is 1. The number of likely N-dealkylation sites (N-methyl/N-ethyl adjacent to an activating group) is 1. The van der Waals surface area contributed by atoms with E-state index in [1.165, 1.54) is 0 Å². The Morgan fingerprint density at radius 3 is 2.53 bits per heavy atom. The highest BCUT2D eigenvalue weighted by Gasteiger charge is 2.21. The summed E-state index contributed by atoms with van der Waals surface area (Å²) >= 11 is 0. The molecule has 0 aliphatic carbocycles. The van der Waals surface area contributed by atoms with Gasteiger partial charge in [-0.2, -0.15) is 0 Å². The minimum atomic E-state index is -0.207. The normalized spacial score (nSPS) is 14.0. The Bertz CT molecular complexity index is 357. The number of nitrogens with two attached hydrogens (primary N) is 1. The fourth-order valence-electron chi connectivity index (χ4n) is 2.04. The molecule has 0 aliphatic heterocycles. The molecular formula is C14H24N2O. The van der Waals surface area contributed by atoms with E-state index in [1.807, 2.05) is 32.0 Å². The molecule has 0 aliphatic rings. The summed E-state index contributed by atoms with van der Waals surface area (Å²) in [5, 5.41) is 9.51. The van der Waals surface area contributed by atoms with Gasteiger partial charge in [0, 0.05) is 18.1 Å². The molecule has 1 unspecified atom stereocenters. The summed E-state index contributed by atoms with van der Waals surface area (Å²) in [5.74, 6) is 0.317. The molecule has 0 aromatic heterocycles. The van der Waals surface area contributed by atoms with Crippen molar-refractivity contribution >= 4 is 0 Å². The molecule has 0 saturated carbocycles. The highest BCUT2D eigenvalue weighted by molar-refractivity contribution is 5.29. The molecule has 0 fully saturated rings. The van der Waals surface area contributed by atoms with Crippen molar-refractivity contribution in [1.29, 1.82) is 0 Å².